The van der Waals surface area contributed by atoms with E-state index in [1.807, 2.05) is 37.3 Å². The van der Waals surface area contributed by atoms with Gasteiger partial charge in [0.15, 0.2) is 6.61 Å². The molecule has 0 radical (unpaired) electrons. The lowest BCUT2D eigenvalue weighted by Gasteiger charge is -2.12. The standard InChI is InChI=1S/C16H19NO3/c1-2-9-17-16(19)11-20-15-8-7-12-5-3-4-6-13(12)14(15)10-18/h3-8,18H,2,9-11H2,1H3,(H,17,19). The molecule has 0 aromatic heterocycles. The van der Waals surface area contributed by atoms with E-state index in [1.165, 1.54) is 0 Å². The summed E-state index contributed by atoms with van der Waals surface area (Å²) < 4.78 is 5.52. The van der Waals surface area contributed by atoms with E-state index in [0.717, 1.165) is 17.2 Å². The average molecular weight is 273 g/mol. The maximum absolute atomic E-state index is 11.5. The van der Waals surface area contributed by atoms with Crippen molar-refractivity contribution >= 4 is 16.7 Å². The van der Waals surface area contributed by atoms with Crippen molar-refractivity contribution in [1.29, 1.82) is 0 Å². The Morgan fingerprint density at radius 2 is 2.05 bits per heavy atom. The highest BCUT2D eigenvalue weighted by atomic mass is 16.5. The number of nitrogens with one attached hydrogen (secondary N) is 1. The third kappa shape index (κ3) is 3.27. The first-order valence-electron chi connectivity index (χ1n) is 6.77. The smallest absolute Gasteiger partial charge is 0.257 e. The Labute approximate surface area is 118 Å². The van der Waals surface area contributed by atoms with Gasteiger partial charge in [-0.25, -0.2) is 0 Å². The molecule has 0 saturated heterocycles. The summed E-state index contributed by atoms with van der Waals surface area (Å²) in [5, 5.41) is 14.3. The van der Waals surface area contributed by atoms with Crippen molar-refractivity contribution in [2.75, 3.05) is 13.2 Å². The Morgan fingerprint density at radius 1 is 1.25 bits per heavy atom. The first kappa shape index (κ1) is 14.3. The number of ether oxygens (including phenoxy) is 1. The van der Waals surface area contributed by atoms with Crippen molar-refractivity contribution < 1.29 is 14.6 Å². The number of aliphatic hydroxyl groups is 1. The van der Waals surface area contributed by atoms with Gasteiger partial charge in [-0.15, -0.1) is 0 Å². The normalized spacial score (nSPS) is 10.5. The summed E-state index contributed by atoms with van der Waals surface area (Å²) in [4.78, 5) is 11.5. The summed E-state index contributed by atoms with van der Waals surface area (Å²) in [5.74, 6) is 0.404. The maximum atomic E-state index is 11.5. The van der Waals surface area contributed by atoms with Crippen LogP contribution in [0.5, 0.6) is 5.75 Å². The van der Waals surface area contributed by atoms with Crippen LogP contribution >= 0.6 is 0 Å². The molecule has 0 spiro atoms. The number of hydrogen-bond acceptors (Lipinski definition) is 3. The fourth-order valence-corrected chi connectivity index (χ4v) is 2.07. The lowest BCUT2D eigenvalue weighted by Crippen LogP contribution is -2.29. The van der Waals surface area contributed by atoms with Crippen LogP contribution in [0.25, 0.3) is 10.8 Å². The van der Waals surface area contributed by atoms with Crippen molar-refractivity contribution in [2.24, 2.45) is 0 Å². The van der Waals surface area contributed by atoms with Crippen molar-refractivity contribution in [3.63, 3.8) is 0 Å². The molecule has 106 valence electrons. The van der Waals surface area contributed by atoms with E-state index in [-0.39, 0.29) is 19.1 Å². The Bertz CT molecular complexity index is 595. The summed E-state index contributed by atoms with van der Waals surface area (Å²) in [6.45, 7) is 2.49. The van der Waals surface area contributed by atoms with Crippen molar-refractivity contribution in [2.45, 2.75) is 20.0 Å². The highest BCUT2D eigenvalue weighted by Crippen LogP contribution is 2.28. The second kappa shape index (κ2) is 6.91. The average Bonchev–Trinajstić information content (AvgIpc) is 2.50. The third-order valence-corrected chi connectivity index (χ3v) is 3.09. The van der Waals surface area contributed by atoms with E-state index in [2.05, 4.69) is 5.32 Å². The molecule has 0 heterocycles. The van der Waals surface area contributed by atoms with Gasteiger partial charge in [-0.3, -0.25) is 4.79 Å². The minimum absolute atomic E-state index is 0.0364. The predicted molar refractivity (Wildman–Crippen MR) is 78.7 cm³/mol. The van der Waals surface area contributed by atoms with Gasteiger partial charge in [0.25, 0.3) is 5.91 Å². The molecule has 0 aliphatic carbocycles. The number of carbonyl (C=O) groups excluding carboxylic acids is 1. The van der Waals surface area contributed by atoms with Gasteiger partial charge in [-0.05, 0) is 23.3 Å². The van der Waals surface area contributed by atoms with E-state index in [4.69, 9.17) is 4.74 Å². The molecular weight excluding hydrogens is 254 g/mol. The number of carbonyl (C=O) groups is 1. The highest BCUT2D eigenvalue weighted by molar-refractivity contribution is 5.87. The molecule has 2 aromatic carbocycles. The number of hydrogen-bond donors (Lipinski definition) is 2. The zero-order valence-corrected chi connectivity index (χ0v) is 11.6. The van der Waals surface area contributed by atoms with Gasteiger partial charge in [0.1, 0.15) is 5.75 Å². The minimum atomic E-state index is -0.149. The predicted octanol–water partition coefficient (Wildman–Crippen LogP) is 2.24. The molecular formula is C16H19NO3. The maximum Gasteiger partial charge on any atom is 0.257 e. The van der Waals surface area contributed by atoms with Crippen LogP contribution in [0.15, 0.2) is 36.4 Å². The lowest BCUT2D eigenvalue weighted by atomic mass is 10.0. The molecule has 0 atom stereocenters. The highest BCUT2D eigenvalue weighted by Gasteiger charge is 2.09. The van der Waals surface area contributed by atoms with Gasteiger partial charge in [0.05, 0.1) is 6.61 Å². The molecule has 0 fully saturated rings. The molecule has 2 N–H and O–H groups in total. The number of benzene rings is 2. The van der Waals surface area contributed by atoms with Gasteiger partial charge in [-0.1, -0.05) is 37.3 Å². The minimum Gasteiger partial charge on any atom is -0.483 e. The summed E-state index contributed by atoms with van der Waals surface area (Å²) in [6.07, 6.45) is 0.892. The van der Waals surface area contributed by atoms with Gasteiger partial charge in [0, 0.05) is 12.1 Å². The zero-order chi connectivity index (χ0) is 14.4. The molecule has 0 bridgehead atoms. The van der Waals surface area contributed by atoms with Crippen LogP contribution in [0.4, 0.5) is 0 Å². The van der Waals surface area contributed by atoms with Crippen molar-refractivity contribution in [3.8, 4) is 5.75 Å². The quantitative estimate of drug-likeness (QED) is 0.848. The molecule has 0 aliphatic rings. The van der Waals surface area contributed by atoms with Crippen molar-refractivity contribution in [1.82, 2.24) is 5.32 Å². The second-order valence-electron chi connectivity index (χ2n) is 4.56. The molecule has 4 heteroatoms. The summed E-state index contributed by atoms with van der Waals surface area (Å²) in [6, 6.07) is 11.5. The molecule has 0 unspecified atom stereocenters. The first-order chi connectivity index (χ1) is 9.76. The van der Waals surface area contributed by atoms with Gasteiger partial charge in [-0.2, -0.15) is 0 Å². The summed E-state index contributed by atoms with van der Waals surface area (Å²) >= 11 is 0. The van der Waals surface area contributed by atoms with Crippen LogP contribution < -0.4 is 10.1 Å². The molecule has 0 saturated carbocycles. The number of rotatable bonds is 6. The van der Waals surface area contributed by atoms with E-state index in [1.54, 1.807) is 6.07 Å². The molecule has 2 aromatic rings. The van der Waals surface area contributed by atoms with Crippen molar-refractivity contribution in [3.05, 3.63) is 42.0 Å². The van der Waals surface area contributed by atoms with Gasteiger partial charge < -0.3 is 15.2 Å². The Hall–Kier alpha value is -2.07. The third-order valence-electron chi connectivity index (χ3n) is 3.09. The molecule has 1 amide bonds. The van der Waals surface area contributed by atoms with E-state index >= 15 is 0 Å². The van der Waals surface area contributed by atoms with Crippen LogP contribution in [0.3, 0.4) is 0 Å². The van der Waals surface area contributed by atoms with E-state index in [9.17, 15) is 9.90 Å². The van der Waals surface area contributed by atoms with Crippen LogP contribution in [-0.2, 0) is 11.4 Å². The summed E-state index contributed by atoms with van der Waals surface area (Å²) in [7, 11) is 0. The second-order valence-corrected chi connectivity index (χ2v) is 4.56. The van der Waals surface area contributed by atoms with Gasteiger partial charge in [0.2, 0.25) is 0 Å². The SMILES string of the molecule is CCCNC(=O)COc1ccc2ccccc2c1CO. The zero-order valence-electron chi connectivity index (χ0n) is 11.6. The number of fused-ring (bicyclic) bond motifs is 1. The topological polar surface area (TPSA) is 58.6 Å². The first-order valence-corrected chi connectivity index (χ1v) is 6.77. The Morgan fingerprint density at radius 3 is 2.80 bits per heavy atom. The van der Waals surface area contributed by atoms with E-state index in [0.29, 0.717) is 17.9 Å². The Kier molecular flexibility index (Phi) is 4.96. The van der Waals surface area contributed by atoms with E-state index < -0.39 is 0 Å². The monoisotopic (exact) mass is 273 g/mol. The molecule has 2 rings (SSSR count). The van der Waals surface area contributed by atoms with Crippen LogP contribution in [0, 0.1) is 0 Å². The fraction of sp³-hybridized carbons (Fsp3) is 0.312. The largest absolute Gasteiger partial charge is 0.483 e. The summed E-state index contributed by atoms with van der Waals surface area (Å²) in [5.41, 5.74) is 0.714. The van der Waals surface area contributed by atoms with Crippen LogP contribution in [0.1, 0.15) is 18.9 Å². The fourth-order valence-electron chi connectivity index (χ4n) is 2.07. The van der Waals surface area contributed by atoms with Crippen LogP contribution in [-0.4, -0.2) is 24.2 Å². The molecule has 0 aliphatic heterocycles. The lowest BCUT2D eigenvalue weighted by molar-refractivity contribution is -0.123. The number of amides is 1. The van der Waals surface area contributed by atoms with Gasteiger partial charge >= 0.3 is 0 Å². The Balaban J connectivity index is 2.15. The molecule has 4 nitrogen and oxygen atoms in total. The molecule has 20 heavy (non-hydrogen) atoms. The number of aliphatic hydroxyl groups excluding tert-OH is 1. The van der Waals surface area contributed by atoms with Crippen LogP contribution in [0.2, 0.25) is 0 Å².